The van der Waals surface area contributed by atoms with Crippen molar-refractivity contribution in [2.75, 3.05) is 29.6 Å². The lowest BCUT2D eigenvalue weighted by Gasteiger charge is -2.43. The van der Waals surface area contributed by atoms with Crippen molar-refractivity contribution in [1.29, 1.82) is 0 Å². The van der Waals surface area contributed by atoms with Crippen molar-refractivity contribution in [2.24, 2.45) is 0 Å². The van der Waals surface area contributed by atoms with Crippen molar-refractivity contribution in [1.82, 2.24) is 4.90 Å². The molecule has 2 aliphatic heterocycles. The molecule has 2 aliphatic rings. The van der Waals surface area contributed by atoms with Gasteiger partial charge in [-0.2, -0.15) is 0 Å². The van der Waals surface area contributed by atoms with Crippen LogP contribution < -0.4 is 9.64 Å². The zero-order valence-corrected chi connectivity index (χ0v) is 17.7. The average Bonchev–Trinajstić information content (AvgIpc) is 3.00. The lowest BCUT2D eigenvalue weighted by molar-refractivity contribution is -0.123. The summed E-state index contributed by atoms with van der Waals surface area (Å²) in [5.74, 6) is 0.668. The number of rotatable bonds is 5. The Kier molecular flexibility index (Phi) is 5.55. The SMILES string of the molecule is CCOc1ccc(N2C(=O)CN(Cc3ccc(Cl)cc3)[C@H]3CS(=O)(=O)C[C@@H]32)cc1. The highest BCUT2D eigenvalue weighted by Crippen LogP contribution is 2.33. The number of ether oxygens (including phenoxy) is 1. The molecule has 6 nitrogen and oxygen atoms in total. The largest absolute Gasteiger partial charge is 0.494 e. The van der Waals surface area contributed by atoms with E-state index in [0.717, 1.165) is 11.3 Å². The maximum atomic E-state index is 13.1. The number of piperazine rings is 1. The third-order valence-electron chi connectivity index (χ3n) is 5.43. The van der Waals surface area contributed by atoms with Gasteiger partial charge in [0, 0.05) is 23.3 Å². The van der Waals surface area contributed by atoms with E-state index in [0.29, 0.717) is 23.9 Å². The maximum Gasteiger partial charge on any atom is 0.241 e. The smallest absolute Gasteiger partial charge is 0.241 e. The van der Waals surface area contributed by atoms with Crippen LogP contribution in [0.3, 0.4) is 0 Å². The number of fused-ring (bicyclic) bond motifs is 1. The van der Waals surface area contributed by atoms with Gasteiger partial charge in [-0.15, -0.1) is 0 Å². The number of halogens is 1. The summed E-state index contributed by atoms with van der Waals surface area (Å²) in [6, 6.07) is 14.0. The summed E-state index contributed by atoms with van der Waals surface area (Å²) < 4.78 is 30.4. The van der Waals surface area contributed by atoms with Gasteiger partial charge in [-0.25, -0.2) is 8.42 Å². The van der Waals surface area contributed by atoms with E-state index in [4.69, 9.17) is 16.3 Å². The molecule has 0 bridgehead atoms. The van der Waals surface area contributed by atoms with Gasteiger partial charge in [0.05, 0.1) is 30.7 Å². The molecule has 2 saturated heterocycles. The van der Waals surface area contributed by atoms with E-state index in [9.17, 15) is 13.2 Å². The summed E-state index contributed by atoms with van der Waals surface area (Å²) in [6.45, 7) is 3.15. The molecule has 0 aliphatic carbocycles. The van der Waals surface area contributed by atoms with Gasteiger partial charge in [0.2, 0.25) is 5.91 Å². The molecule has 2 heterocycles. The fourth-order valence-corrected chi connectivity index (χ4v) is 6.27. The van der Waals surface area contributed by atoms with Crippen molar-refractivity contribution < 1.29 is 17.9 Å². The molecular weight excluding hydrogens is 412 g/mol. The molecule has 2 fully saturated rings. The van der Waals surface area contributed by atoms with Crippen LogP contribution in [0.2, 0.25) is 5.02 Å². The second-order valence-corrected chi connectivity index (χ2v) is 10.0. The Labute approximate surface area is 175 Å². The Morgan fingerprint density at radius 1 is 1.03 bits per heavy atom. The Balaban J connectivity index is 1.61. The Hall–Kier alpha value is -2.09. The first-order chi connectivity index (χ1) is 13.9. The number of hydrogen-bond acceptors (Lipinski definition) is 5. The summed E-state index contributed by atoms with van der Waals surface area (Å²) in [5, 5.41) is 0.645. The third-order valence-corrected chi connectivity index (χ3v) is 7.38. The molecule has 0 aromatic heterocycles. The Morgan fingerprint density at radius 2 is 1.69 bits per heavy atom. The predicted octanol–water partition coefficient (Wildman–Crippen LogP) is 2.75. The number of amides is 1. The van der Waals surface area contributed by atoms with Gasteiger partial charge in [0.1, 0.15) is 5.75 Å². The lowest BCUT2D eigenvalue weighted by Crippen LogP contribution is -2.61. The van der Waals surface area contributed by atoms with E-state index < -0.39 is 15.9 Å². The summed E-state index contributed by atoms with van der Waals surface area (Å²) >= 11 is 5.96. The molecule has 4 rings (SSSR count). The number of hydrogen-bond donors (Lipinski definition) is 0. The minimum Gasteiger partial charge on any atom is -0.494 e. The number of anilines is 1. The molecule has 0 spiro atoms. The predicted molar refractivity (Wildman–Crippen MR) is 113 cm³/mol. The third kappa shape index (κ3) is 4.27. The first-order valence-corrected chi connectivity index (χ1v) is 11.8. The second-order valence-electron chi connectivity index (χ2n) is 7.43. The molecule has 2 aromatic rings. The van der Waals surface area contributed by atoms with E-state index in [2.05, 4.69) is 0 Å². The minimum absolute atomic E-state index is 0.0201. The highest BCUT2D eigenvalue weighted by molar-refractivity contribution is 7.91. The van der Waals surface area contributed by atoms with Crippen molar-refractivity contribution in [3.05, 3.63) is 59.1 Å². The topological polar surface area (TPSA) is 66.9 Å². The second kappa shape index (κ2) is 7.97. The first-order valence-electron chi connectivity index (χ1n) is 9.60. The van der Waals surface area contributed by atoms with Crippen LogP contribution in [0, 0.1) is 0 Å². The van der Waals surface area contributed by atoms with E-state index >= 15 is 0 Å². The highest BCUT2D eigenvalue weighted by Gasteiger charge is 2.49. The van der Waals surface area contributed by atoms with E-state index in [1.165, 1.54) is 0 Å². The van der Waals surface area contributed by atoms with Gasteiger partial charge in [0.15, 0.2) is 9.84 Å². The van der Waals surface area contributed by atoms with Crippen LogP contribution in [0.25, 0.3) is 0 Å². The van der Waals surface area contributed by atoms with Gasteiger partial charge >= 0.3 is 0 Å². The monoisotopic (exact) mass is 434 g/mol. The summed E-state index contributed by atoms with van der Waals surface area (Å²) in [6.07, 6.45) is 0. The summed E-state index contributed by atoms with van der Waals surface area (Å²) in [7, 11) is -3.22. The van der Waals surface area contributed by atoms with Crippen LogP contribution in [0.5, 0.6) is 5.75 Å². The zero-order chi connectivity index (χ0) is 20.6. The van der Waals surface area contributed by atoms with Crippen molar-refractivity contribution in [2.45, 2.75) is 25.6 Å². The Morgan fingerprint density at radius 3 is 2.34 bits per heavy atom. The normalized spacial score (nSPS) is 23.8. The van der Waals surface area contributed by atoms with Crippen LogP contribution in [-0.4, -0.2) is 56.0 Å². The van der Waals surface area contributed by atoms with Gasteiger partial charge in [-0.3, -0.25) is 9.69 Å². The number of sulfone groups is 1. The van der Waals surface area contributed by atoms with Crippen LogP contribution in [0.1, 0.15) is 12.5 Å². The lowest BCUT2D eigenvalue weighted by atomic mass is 10.0. The molecular formula is C21H23ClN2O4S. The number of benzene rings is 2. The van der Waals surface area contributed by atoms with Crippen molar-refractivity contribution in [3.63, 3.8) is 0 Å². The first kappa shape index (κ1) is 20.2. The summed E-state index contributed by atoms with van der Waals surface area (Å²) in [4.78, 5) is 16.7. The van der Waals surface area contributed by atoms with Crippen molar-refractivity contribution >= 4 is 33.0 Å². The Bertz CT molecular complexity index is 992. The van der Waals surface area contributed by atoms with Crippen LogP contribution in [0.4, 0.5) is 5.69 Å². The molecule has 0 saturated carbocycles. The van der Waals surface area contributed by atoms with Crippen LogP contribution in [-0.2, 0) is 21.2 Å². The quantitative estimate of drug-likeness (QED) is 0.723. The maximum absolute atomic E-state index is 13.1. The molecule has 0 radical (unpaired) electrons. The molecule has 154 valence electrons. The molecule has 0 N–H and O–H groups in total. The average molecular weight is 435 g/mol. The van der Waals surface area contributed by atoms with Crippen LogP contribution in [0.15, 0.2) is 48.5 Å². The standard InChI is InChI=1S/C21H23ClN2O4S/c1-2-28-18-9-7-17(8-10-18)24-20-14-29(26,27)13-19(20)23(12-21(24)25)11-15-3-5-16(22)6-4-15/h3-10,19-20H,2,11-14H2,1H3/t19-,20-/m0/s1. The highest BCUT2D eigenvalue weighted by atomic mass is 35.5. The molecule has 0 unspecified atom stereocenters. The number of nitrogens with zero attached hydrogens (tertiary/aromatic N) is 2. The fourth-order valence-electron chi connectivity index (χ4n) is 4.16. The van der Waals surface area contributed by atoms with Crippen LogP contribution >= 0.6 is 11.6 Å². The molecule has 1 amide bonds. The van der Waals surface area contributed by atoms with Gasteiger partial charge < -0.3 is 9.64 Å². The zero-order valence-electron chi connectivity index (χ0n) is 16.1. The number of carbonyl (C=O) groups is 1. The van der Waals surface area contributed by atoms with Crippen molar-refractivity contribution in [3.8, 4) is 5.75 Å². The van der Waals surface area contributed by atoms with E-state index in [1.54, 1.807) is 17.0 Å². The summed E-state index contributed by atoms with van der Waals surface area (Å²) in [5.41, 5.74) is 1.71. The van der Waals surface area contributed by atoms with E-state index in [-0.39, 0.29) is 30.0 Å². The molecule has 8 heteroatoms. The molecule has 2 atom stereocenters. The van der Waals surface area contributed by atoms with Gasteiger partial charge in [0.25, 0.3) is 0 Å². The number of carbonyl (C=O) groups excluding carboxylic acids is 1. The van der Waals surface area contributed by atoms with E-state index in [1.807, 2.05) is 48.2 Å². The molecule has 2 aromatic carbocycles. The molecule has 29 heavy (non-hydrogen) atoms. The van der Waals surface area contributed by atoms with Gasteiger partial charge in [-0.05, 0) is 48.9 Å². The minimum atomic E-state index is -3.22. The van der Waals surface area contributed by atoms with Gasteiger partial charge in [-0.1, -0.05) is 23.7 Å². The fraction of sp³-hybridized carbons (Fsp3) is 0.381.